The zero-order valence-electron chi connectivity index (χ0n) is 13.5. The Bertz CT molecular complexity index is 590. The molecule has 0 amide bonds. The lowest BCUT2D eigenvalue weighted by Gasteiger charge is -2.31. The third-order valence-electron chi connectivity index (χ3n) is 4.37. The normalized spacial score (nSPS) is 12.5. The first-order valence-electron chi connectivity index (χ1n) is 7.26. The van der Waals surface area contributed by atoms with Crippen molar-refractivity contribution in [2.75, 3.05) is 12.4 Å². The minimum atomic E-state index is -3.55. The van der Waals surface area contributed by atoms with Crippen LogP contribution < -0.4 is 4.74 Å². The highest BCUT2D eigenvalue weighted by atomic mass is 35.7. The number of aryl methyl sites for hydroxylation is 2. The van der Waals surface area contributed by atoms with Gasteiger partial charge in [-0.05, 0) is 50.3 Å². The number of halogens is 1. The molecular formula is C16H25ClO3S. The summed E-state index contributed by atoms with van der Waals surface area (Å²) in [6.07, 6.45) is 1.42. The number of hydrogen-bond acceptors (Lipinski definition) is 3. The zero-order valence-corrected chi connectivity index (χ0v) is 15.1. The smallest absolute Gasteiger partial charge is 0.233 e. The summed E-state index contributed by atoms with van der Waals surface area (Å²) in [5, 5.41) is 0. The minimum absolute atomic E-state index is 0.0571. The van der Waals surface area contributed by atoms with E-state index in [1.165, 1.54) is 5.56 Å². The maximum absolute atomic E-state index is 11.5. The molecular weight excluding hydrogens is 308 g/mol. The number of ether oxygens (including phenoxy) is 1. The lowest BCUT2D eigenvalue weighted by atomic mass is 9.85. The summed E-state index contributed by atoms with van der Waals surface area (Å²) < 4.78 is 29.0. The second kappa shape index (κ2) is 7.01. The average Bonchev–Trinajstić information content (AvgIpc) is 2.40. The van der Waals surface area contributed by atoms with Crippen LogP contribution >= 0.6 is 10.7 Å². The van der Waals surface area contributed by atoms with Gasteiger partial charge in [0.05, 0.1) is 12.4 Å². The van der Waals surface area contributed by atoms with Crippen molar-refractivity contribution in [3.63, 3.8) is 0 Å². The third-order valence-corrected chi connectivity index (χ3v) is 5.66. The Balaban J connectivity index is 3.01. The standard InChI is InChI=1S/C16H25ClO3S/c1-6-16(7-2,11-21(17,18)19)10-20-15-13(4)9-8-12(3)14(15)5/h8-9H,6-7,10-11H2,1-5H3. The average molecular weight is 333 g/mol. The fraction of sp³-hybridized carbons (Fsp3) is 0.625. The molecule has 0 saturated heterocycles. The summed E-state index contributed by atoms with van der Waals surface area (Å²) >= 11 is 0. The molecule has 0 bridgehead atoms. The topological polar surface area (TPSA) is 43.4 Å². The van der Waals surface area contributed by atoms with E-state index in [1.54, 1.807) is 0 Å². The summed E-state index contributed by atoms with van der Waals surface area (Å²) in [7, 11) is 1.91. The Morgan fingerprint density at radius 3 is 2.10 bits per heavy atom. The number of hydrogen-bond donors (Lipinski definition) is 0. The highest BCUT2D eigenvalue weighted by Crippen LogP contribution is 2.33. The second-order valence-corrected chi connectivity index (χ2v) is 8.61. The van der Waals surface area contributed by atoms with Crippen LogP contribution in [-0.2, 0) is 9.05 Å². The van der Waals surface area contributed by atoms with Crippen LogP contribution in [0.4, 0.5) is 0 Å². The monoisotopic (exact) mass is 332 g/mol. The van der Waals surface area contributed by atoms with E-state index in [9.17, 15) is 8.42 Å². The molecule has 0 saturated carbocycles. The van der Waals surface area contributed by atoms with Crippen LogP contribution in [0.2, 0.25) is 0 Å². The van der Waals surface area contributed by atoms with Crippen LogP contribution in [0.15, 0.2) is 12.1 Å². The molecule has 0 radical (unpaired) electrons. The van der Waals surface area contributed by atoms with E-state index in [2.05, 4.69) is 6.07 Å². The van der Waals surface area contributed by atoms with Gasteiger partial charge in [-0.15, -0.1) is 0 Å². The SMILES string of the molecule is CCC(CC)(COc1c(C)ccc(C)c1C)CS(=O)(=O)Cl. The van der Waals surface area contributed by atoms with Crippen molar-refractivity contribution in [1.82, 2.24) is 0 Å². The van der Waals surface area contributed by atoms with Crippen LogP contribution in [-0.4, -0.2) is 20.8 Å². The quantitative estimate of drug-likeness (QED) is 0.696. The van der Waals surface area contributed by atoms with Gasteiger partial charge in [-0.2, -0.15) is 0 Å². The highest BCUT2D eigenvalue weighted by molar-refractivity contribution is 8.13. The van der Waals surface area contributed by atoms with Crippen molar-refractivity contribution in [3.05, 3.63) is 28.8 Å². The Hall–Kier alpha value is -0.740. The molecule has 1 rings (SSSR count). The van der Waals surface area contributed by atoms with Crippen LogP contribution in [0.25, 0.3) is 0 Å². The number of rotatable bonds is 7. The summed E-state index contributed by atoms with van der Waals surface area (Å²) in [5.74, 6) is 0.798. The molecule has 120 valence electrons. The van der Waals surface area contributed by atoms with E-state index in [-0.39, 0.29) is 5.75 Å². The molecule has 5 heteroatoms. The van der Waals surface area contributed by atoms with Gasteiger partial charge < -0.3 is 4.74 Å². The first-order chi connectivity index (χ1) is 9.64. The molecule has 0 atom stereocenters. The van der Waals surface area contributed by atoms with Crippen LogP contribution in [0.5, 0.6) is 5.75 Å². The lowest BCUT2D eigenvalue weighted by Crippen LogP contribution is -2.34. The summed E-state index contributed by atoms with van der Waals surface area (Å²) in [6, 6.07) is 4.09. The fourth-order valence-corrected chi connectivity index (χ4v) is 4.36. The van der Waals surface area contributed by atoms with Gasteiger partial charge in [0.2, 0.25) is 9.05 Å². The predicted octanol–water partition coefficient (Wildman–Crippen LogP) is 4.37. The van der Waals surface area contributed by atoms with Gasteiger partial charge in [-0.3, -0.25) is 0 Å². The van der Waals surface area contributed by atoms with Gasteiger partial charge in [0.15, 0.2) is 0 Å². The van der Waals surface area contributed by atoms with E-state index in [4.69, 9.17) is 15.4 Å². The van der Waals surface area contributed by atoms with Crippen molar-refractivity contribution < 1.29 is 13.2 Å². The third kappa shape index (κ3) is 4.89. The highest BCUT2D eigenvalue weighted by Gasteiger charge is 2.33. The molecule has 0 heterocycles. The van der Waals surface area contributed by atoms with Gasteiger partial charge in [-0.1, -0.05) is 26.0 Å². The van der Waals surface area contributed by atoms with Gasteiger partial charge in [0.1, 0.15) is 5.75 Å². The lowest BCUT2D eigenvalue weighted by molar-refractivity contribution is 0.153. The van der Waals surface area contributed by atoms with Gasteiger partial charge in [0.25, 0.3) is 0 Å². The Labute approximate surface area is 133 Å². The summed E-state index contributed by atoms with van der Waals surface area (Å²) in [4.78, 5) is 0. The van der Waals surface area contributed by atoms with Gasteiger partial charge in [0, 0.05) is 16.1 Å². The van der Waals surface area contributed by atoms with E-state index < -0.39 is 14.5 Å². The molecule has 0 spiro atoms. The van der Waals surface area contributed by atoms with E-state index in [1.807, 2.05) is 40.7 Å². The van der Waals surface area contributed by atoms with Crippen LogP contribution in [0.1, 0.15) is 43.4 Å². The molecule has 1 aromatic rings. The van der Waals surface area contributed by atoms with Crippen molar-refractivity contribution in [3.8, 4) is 5.75 Å². The van der Waals surface area contributed by atoms with Crippen molar-refractivity contribution in [2.45, 2.75) is 47.5 Å². The molecule has 0 unspecified atom stereocenters. The Morgan fingerprint density at radius 2 is 1.62 bits per heavy atom. The summed E-state index contributed by atoms with van der Waals surface area (Å²) in [6.45, 7) is 10.4. The zero-order chi connectivity index (χ0) is 16.3. The van der Waals surface area contributed by atoms with Gasteiger partial charge >= 0.3 is 0 Å². The molecule has 0 fully saturated rings. The van der Waals surface area contributed by atoms with Crippen molar-refractivity contribution in [2.24, 2.45) is 5.41 Å². The molecule has 0 N–H and O–H groups in total. The number of benzene rings is 1. The first-order valence-corrected chi connectivity index (χ1v) is 9.74. The largest absolute Gasteiger partial charge is 0.492 e. The molecule has 0 aliphatic heterocycles. The molecule has 1 aromatic carbocycles. The fourth-order valence-electron chi connectivity index (χ4n) is 2.44. The maximum Gasteiger partial charge on any atom is 0.233 e. The second-order valence-electron chi connectivity index (χ2n) is 5.83. The molecule has 0 aromatic heterocycles. The minimum Gasteiger partial charge on any atom is -0.492 e. The van der Waals surface area contributed by atoms with E-state index >= 15 is 0 Å². The maximum atomic E-state index is 11.5. The molecule has 0 aliphatic rings. The van der Waals surface area contributed by atoms with Crippen LogP contribution in [0, 0.1) is 26.2 Å². The predicted molar refractivity (Wildman–Crippen MR) is 88.8 cm³/mol. The van der Waals surface area contributed by atoms with E-state index in [0.717, 1.165) is 16.9 Å². The van der Waals surface area contributed by atoms with Crippen LogP contribution in [0.3, 0.4) is 0 Å². The molecule has 3 nitrogen and oxygen atoms in total. The molecule has 21 heavy (non-hydrogen) atoms. The Morgan fingerprint density at radius 1 is 1.10 bits per heavy atom. The van der Waals surface area contributed by atoms with Crippen molar-refractivity contribution in [1.29, 1.82) is 0 Å². The molecule has 0 aliphatic carbocycles. The van der Waals surface area contributed by atoms with E-state index in [0.29, 0.717) is 19.4 Å². The summed E-state index contributed by atoms with van der Waals surface area (Å²) in [5.41, 5.74) is 2.89. The van der Waals surface area contributed by atoms with Crippen molar-refractivity contribution >= 4 is 19.7 Å². The Kier molecular flexibility index (Phi) is 6.11. The van der Waals surface area contributed by atoms with Gasteiger partial charge in [-0.25, -0.2) is 8.42 Å². The first kappa shape index (κ1) is 18.3.